The van der Waals surface area contributed by atoms with Crippen molar-refractivity contribution in [3.63, 3.8) is 0 Å². The molecule has 34 heavy (non-hydrogen) atoms. The Morgan fingerprint density at radius 3 is 2.68 bits per heavy atom. The number of fused-ring (bicyclic) bond motifs is 1. The van der Waals surface area contributed by atoms with E-state index in [1.807, 2.05) is 72.8 Å². The maximum Gasteiger partial charge on any atom is 0.224 e. The molecule has 4 aromatic rings. The van der Waals surface area contributed by atoms with Gasteiger partial charge in [0.15, 0.2) is 0 Å². The quantitative estimate of drug-likeness (QED) is 0.236. The molecule has 1 aromatic heterocycles. The number of benzene rings is 3. The Balaban J connectivity index is 1.53. The van der Waals surface area contributed by atoms with Crippen molar-refractivity contribution in [1.29, 1.82) is 0 Å². The molecule has 0 aliphatic carbocycles. The van der Waals surface area contributed by atoms with Gasteiger partial charge in [0, 0.05) is 11.6 Å². The molecule has 4 rings (SSSR count). The number of ether oxygens (including phenoxy) is 1. The normalized spacial score (nSPS) is 11.5. The van der Waals surface area contributed by atoms with Crippen LogP contribution in [0.5, 0.6) is 5.75 Å². The second-order valence-electron chi connectivity index (χ2n) is 8.01. The Labute approximate surface area is 209 Å². The number of para-hydroxylation sites is 1. The van der Waals surface area contributed by atoms with E-state index >= 15 is 0 Å². The van der Waals surface area contributed by atoms with Crippen LogP contribution in [0.4, 0.5) is 0 Å². The molecule has 1 N–H and O–H groups in total. The van der Waals surface area contributed by atoms with Gasteiger partial charge in [0.05, 0.1) is 23.2 Å². The average Bonchev–Trinajstić information content (AvgIpc) is 3.28. The van der Waals surface area contributed by atoms with E-state index in [0.717, 1.165) is 57.1 Å². The maximum atomic E-state index is 12.9. The molecule has 3 aromatic carbocycles. The monoisotopic (exact) mass is 490 g/mol. The Hall–Kier alpha value is -3.15. The summed E-state index contributed by atoms with van der Waals surface area (Å²) in [7, 11) is 0. The molecule has 0 aliphatic heterocycles. The van der Waals surface area contributed by atoms with Gasteiger partial charge in [0.1, 0.15) is 10.8 Å². The number of unbranched alkanes of at least 4 members (excludes halogenated alkanes) is 1. The number of hydrogen-bond acceptors (Lipinski definition) is 4. The highest BCUT2D eigenvalue weighted by molar-refractivity contribution is 7.19. The number of nitrogens with one attached hydrogen (secondary N) is 1. The number of carbonyl (C=O) groups excluding carboxylic acids is 1. The highest BCUT2D eigenvalue weighted by Crippen LogP contribution is 2.30. The Kier molecular flexibility index (Phi) is 8.34. The summed E-state index contributed by atoms with van der Waals surface area (Å²) in [6.45, 7) is 3.29. The minimum atomic E-state index is -0.0648. The molecule has 0 saturated heterocycles. The van der Waals surface area contributed by atoms with E-state index in [1.54, 1.807) is 11.3 Å². The number of hydrogen-bond donors (Lipinski definition) is 1. The molecule has 1 heterocycles. The molecule has 0 unspecified atom stereocenters. The summed E-state index contributed by atoms with van der Waals surface area (Å²) < 4.78 is 6.87. The summed E-state index contributed by atoms with van der Waals surface area (Å²) in [5, 5.41) is 4.51. The number of rotatable bonds is 10. The van der Waals surface area contributed by atoms with E-state index in [2.05, 4.69) is 18.3 Å². The van der Waals surface area contributed by atoms with E-state index in [4.69, 9.17) is 21.3 Å². The summed E-state index contributed by atoms with van der Waals surface area (Å²) in [6.07, 6.45) is 4.40. The van der Waals surface area contributed by atoms with Gasteiger partial charge in [-0.3, -0.25) is 4.79 Å². The first-order chi connectivity index (χ1) is 16.6. The van der Waals surface area contributed by atoms with Crippen molar-refractivity contribution in [2.24, 2.45) is 0 Å². The van der Waals surface area contributed by atoms with Crippen LogP contribution in [0.25, 0.3) is 21.9 Å². The third-order valence-electron chi connectivity index (χ3n) is 5.29. The van der Waals surface area contributed by atoms with Crippen molar-refractivity contribution >= 4 is 50.7 Å². The first kappa shape index (κ1) is 24.0. The minimum absolute atomic E-state index is 0.0648. The molecule has 0 saturated carbocycles. The molecule has 0 aliphatic rings. The summed E-state index contributed by atoms with van der Waals surface area (Å²) in [5.41, 5.74) is 3.78. The summed E-state index contributed by atoms with van der Waals surface area (Å²) in [6, 6.07) is 23.5. The van der Waals surface area contributed by atoms with E-state index in [1.165, 1.54) is 0 Å². The van der Waals surface area contributed by atoms with Crippen molar-refractivity contribution in [2.75, 3.05) is 6.61 Å². The molecule has 174 valence electrons. The van der Waals surface area contributed by atoms with Crippen LogP contribution in [-0.2, 0) is 11.3 Å². The van der Waals surface area contributed by atoms with Crippen LogP contribution in [0.15, 0.2) is 72.8 Å². The fraction of sp³-hybridized carbons (Fsp3) is 0.214. The average molecular weight is 491 g/mol. The van der Waals surface area contributed by atoms with Crippen LogP contribution in [0, 0.1) is 0 Å². The highest BCUT2D eigenvalue weighted by Gasteiger charge is 2.14. The lowest BCUT2D eigenvalue weighted by Crippen LogP contribution is -2.22. The predicted octanol–water partition coefficient (Wildman–Crippen LogP) is 7.38. The van der Waals surface area contributed by atoms with Crippen LogP contribution >= 0.6 is 22.9 Å². The molecule has 0 spiro atoms. The van der Waals surface area contributed by atoms with Crippen LogP contribution in [0.3, 0.4) is 0 Å². The zero-order valence-corrected chi connectivity index (χ0v) is 20.7. The number of carbonyl (C=O) groups is 1. The SMILES string of the molecule is CCCCOc1ccc(/C=C(/CC(=O)NCc2cccc(Cl)c2)c2nc3ccccc3s2)cc1. The van der Waals surface area contributed by atoms with Gasteiger partial charge in [-0.05, 0) is 65.6 Å². The number of thiazole rings is 1. The van der Waals surface area contributed by atoms with Gasteiger partial charge < -0.3 is 10.1 Å². The Morgan fingerprint density at radius 1 is 1.09 bits per heavy atom. The van der Waals surface area contributed by atoms with Gasteiger partial charge >= 0.3 is 0 Å². The standard InChI is InChI=1S/C28H27ClN2O2S/c1-2-3-15-33-24-13-11-20(12-14-24)16-22(28-31-25-9-4-5-10-26(25)34-28)18-27(32)30-19-21-7-6-8-23(29)17-21/h4-14,16-17H,2-3,15,18-19H2,1H3,(H,30,32)/b22-16-. The number of halogens is 1. The van der Waals surface area contributed by atoms with Gasteiger partial charge in [-0.25, -0.2) is 4.98 Å². The van der Waals surface area contributed by atoms with Crippen molar-refractivity contribution in [2.45, 2.75) is 32.7 Å². The fourth-order valence-electron chi connectivity index (χ4n) is 3.48. The second kappa shape index (κ2) is 11.8. The lowest BCUT2D eigenvalue weighted by molar-refractivity contribution is -0.120. The fourth-order valence-corrected chi connectivity index (χ4v) is 4.67. The molecule has 0 bridgehead atoms. The molecule has 0 radical (unpaired) electrons. The van der Waals surface area contributed by atoms with Crippen molar-refractivity contribution in [3.8, 4) is 5.75 Å². The molecule has 0 atom stereocenters. The molecule has 6 heteroatoms. The van der Waals surface area contributed by atoms with Gasteiger partial charge in [-0.1, -0.05) is 61.3 Å². The van der Waals surface area contributed by atoms with Crippen LogP contribution in [-0.4, -0.2) is 17.5 Å². The van der Waals surface area contributed by atoms with Crippen LogP contribution in [0.2, 0.25) is 5.02 Å². The summed E-state index contributed by atoms with van der Waals surface area (Å²) in [5.74, 6) is 0.788. The second-order valence-corrected chi connectivity index (χ2v) is 9.48. The largest absolute Gasteiger partial charge is 0.494 e. The Morgan fingerprint density at radius 2 is 1.91 bits per heavy atom. The first-order valence-corrected chi connectivity index (χ1v) is 12.6. The number of amides is 1. The van der Waals surface area contributed by atoms with Gasteiger partial charge in [-0.15, -0.1) is 11.3 Å². The lowest BCUT2D eigenvalue weighted by Gasteiger charge is -2.09. The third kappa shape index (κ3) is 6.69. The molecule has 4 nitrogen and oxygen atoms in total. The summed E-state index contributed by atoms with van der Waals surface area (Å²) in [4.78, 5) is 17.7. The van der Waals surface area contributed by atoms with Crippen molar-refractivity contribution < 1.29 is 9.53 Å². The smallest absolute Gasteiger partial charge is 0.224 e. The molecule has 1 amide bonds. The van der Waals surface area contributed by atoms with Crippen molar-refractivity contribution in [3.05, 3.63) is 94.0 Å². The zero-order chi connectivity index (χ0) is 23.8. The minimum Gasteiger partial charge on any atom is -0.494 e. The topological polar surface area (TPSA) is 51.2 Å². The predicted molar refractivity (Wildman–Crippen MR) is 142 cm³/mol. The third-order valence-corrected chi connectivity index (χ3v) is 6.63. The van der Waals surface area contributed by atoms with Gasteiger partial charge in [0.2, 0.25) is 5.91 Å². The van der Waals surface area contributed by atoms with E-state index < -0.39 is 0 Å². The van der Waals surface area contributed by atoms with E-state index in [9.17, 15) is 4.79 Å². The van der Waals surface area contributed by atoms with E-state index in [0.29, 0.717) is 11.6 Å². The van der Waals surface area contributed by atoms with Crippen LogP contribution in [0.1, 0.15) is 42.3 Å². The first-order valence-electron chi connectivity index (χ1n) is 11.4. The molecule has 0 fully saturated rings. The molecular weight excluding hydrogens is 464 g/mol. The van der Waals surface area contributed by atoms with Gasteiger partial charge in [-0.2, -0.15) is 0 Å². The lowest BCUT2D eigenvalue weighted by atomic mass is 10.1. The number of aromatic nitrogens is 1. The number of nitrogens with zero attached hydrogens (tertiary/aromatic N) is 1. The maximum absolute atomic E-state index is 12.9. The Bertz CT molecular complexity index is 1250. The zero-order valence-electron chi connectivity index (χ0n) is 19.1. The van der Waals surface area contributed by atoms with Gasteiger partial charge in [0.25, 0.3) is 0 Å². The summed E-state index contributed by atoms with van der Waals surface area (Å²) >= 11 is 7.66. The van der Waals surface area contributed by atoms with E-state index in [-0.39, 0.29) is 12.3 Å². The van der Waals surface area contributed by atoms with Crippen molar-refractivity contribution in [1.82, 2.24) is 10.3 Å². The highest BCUT2D eigenvalue weighted by atomic mass is 35.5. The molecular formula is C28H27ClN2O2S. The van der Waals surface area contributed by atoms with Crippen LogP contribution < -0.4 is 10.1 Å².